The van der Waals surface area contributed by atoms with Gasteiger partial charge in [-0.15, -0.1) is 0 Å². The summed E-state index contributed by atoms with van der Waals surface area (Å²) in [5.74, 6) is 1.14. The first-order valence-corrected chi connectivity index (χ1v) is 10.1. The number of hydrogen-bond acceptors (Lipinski definition) is 4. The minimum absolute atomic E-state index is 0.0634. The molecule has 0 radical (unpaired) electrons. The van der Waals surface area contributed by atoms with Crippen molar-refractivity contribution >= 4 is 17.4 Å². The van der Waals surface area contributed by atoms with Gasteiger partial charge in [-0.1, -0.05) is 6.07 Å². The summed E-state index contributed by atoms with van der Waals surface area (Å²) in [4.78, 5) is 16.1. The summed E-state index contributed by atoms with van der Waals surface area (Å²) >= 11 is 0. The first-order valence-electron chi connectivity index (χ1n) is 10.1. The number of benzene rings is 1. The zero-order chi connectivity index (χ0) is 22.0. The first kappa shape index (κ1) is 21.0. The van der Waals surface area contributed by atoms with Crippen LogP contribution in [0.2, 0.25) is 0 Å². The molecule has 2 N–H and O–H groups in total. The van der Waals surface area contributed by atoms with Crippen LogP contribution in [0.4, 0.5) is 19.0 Å². The number of fused-ring (bicyclic) bond motifs is 1. The molecule has 1 aliphatic rings. The van der Waals surface area contributed by atoms with Crippen LogP contribution in [0.1, 0.15) is 41.7 Å². The van der Waals surface area contributed by atoms with Crippen LogP contribution in [0.25, 0.3) is 5.65 Å². The third kappa shape index (κ3) is 4.76. The predicted molar refractivity (Wildman–Crippen MR) is 110 cm³/mol. The largest absolute Gasteiger partial charge is 0.497 e. The molecule has 0 spiro atoms. The Bertz CT molecular complexity index is 1050. The number of nitrogens with one attached hydrogen (secondary N) is 2. The van der Waals surface area contributed by atoms with E-state index in [4.69, 9.17) is 4.74 Å². The Hall–Kier alpha value is -3.23. The van der Waals surface area contributed by atoms with Crippen LogP contribution in [-0.4, -0.2) is 34.5 Å². The fraction of sp³-hybridized carbons (Fsp3) is 0.364. The van der Waals surface area contributed by atoms with Crippen molar-refractivity contribution in [2.24, 2.45) is 0 Å². The molecular formula is C22H23F3N4O2. The summed E-state index contributed by atoms with van der Waals surface area (Å²) < 4.78 is 45.5. The number of anilines is 1. The number of methoxy groups -OCH3 is 1. The summed E-state index contributed by atoms with van der Waals surface area (Å²) in [6, 6.07) is 12.1. The summed E-state index contributed by atoms with van der Waals surface area (Å²) in [6.45, 7) is 0. The summed E-state index contributed by atoms with van der Waals surface area (Å²) in [7, 11) is 1.57. The smallest absolute Gasteiger partial charge is 0.434 e. The van der Waals surface area contributed by atoms with Crippen LogP contribution in [0.15, 0.2) is 48.7 Å². The van der Waals surface area contributed by atoms with Crippen molar-refractivity contribution in [3.63, 3.8) is 0 Å². The maximum absolute atomic E-state index is 13.0. The van der Waals surface area contributed by atoms with Crippen LogP contribution in [-0.2, 0) is 6.18 Å². The molecule has 1 aliphatic carbocycles. The van der Waals surface area contributed by atoms with E-state index in [-0.39, 0.29) is 23.6 Å². The zero-order valence-corrected chi connectivity index (χ0v) is 16.9. The Balaban J connectivity index is 1.35. The lowest BCUT2D eigenvalue weighted by Gasteiger charge is -2.30. The molecule has 4 rings (SSSR count). The number of hydrogen-bond donors (Lipinski definition) is 2. The Morgan fingerprint density at radius 2 is 1.74 bits per heavy atom. The minimum Gasteiger partial charge on any atom is -0.497 e. The normalized spacial score (nSPS) is 19.2. The molecule has 31 heavy (non-hydrogen) atoms. The molecule has 1 fully saturated rings. The SMILES string of the molecule is COc1ccc(C(=O)NC2CCC(Nc3cccc4nc(C(F)(F)F)cn34)CC2)cc1. The molecule has 1 amide bonds. The maximum Gasteiger partial charge on any atom is 0.434 e. The van der Waals surface area contributed by atoms with Gasteiger partial charge in [-0.3, -0.25) is 9.20 Å². The van der Waals surface area contributed by atoms with Gasteiger partial charge in [-0.25, -0.2) is 4.98 Å². The van der Waals surface area contributed by atoms with E-state index in [2.05, 4.69) is 15.6 Å². The van der Waals surface area contributed by atoms with Gasteiger partial charge in [0.2, 0.25) is 0 Å². The number of imidazole rings is 1. The van der Waals surface area contributed by atoms with Crippen molar-refractivity contribution in [2.45, 2.75) is 43.9 Å². The molecule has 0 atom stereocenters. The van der Waals surface area contributed by atoms with Gasteiger partial charge in [0.25, 0.3) is 5.91 Å². The highest BCUT2D eigenvalue weighted by molar-refractivity contribution is 5.94. The van der Waals surface area contributed by atoms with Crippen LogP contribution in [0, 0.1) is 0 Å². The second kappa shape index (κ2) is 8.49. The lowest BCUT2D eigenvalue weighted by Crippen LogP contribution is -2.40. The number of ether oxygens (including phenoxy) is 1. The third-order valence-corrected chi connectivity index (χ3v) is 5.55. The maximum atomic E-state index is 13.0. The highest BCUT2D eigenvalue weighted by Gasteiger charge is 2.34. The van der Waals surface area contributed by atoms with Crippen molar-refractivity contribution in [2.75, 3.05) is 12.4 Å². The zero-order valence-electron chi connectivity index (χ0n) is 16.9. The molecule has 0 aliphatic heterocycles. The summed E-state index contributed by atoms with van der Waals surface area (Å²) in [5, 5.41) is 6.39. The second-order valence-corrected chi connectivity index (χ2v) is 7.66. The number of rotatable bonds is 5. The monoisotopic (exact) mass is 432 g/mol. The van der Waals surface area contributed by atoms with Crippen LogP contribution in [0.5, 0.6) is 5.75 Å². The van der Waals surface area contributed by atoms with E-state index in [1.165, 1.54) is 4.40 Å². The molecular weight excluding hydrogens is 409 g/mol. The molecule has 164 valence electrons. The van der Waals surface area contributed by atoms with E-state index in [9.17, 15) is 18.0 Å². The van der Waals surface area contributed by atoms with Crippen molar-refractivity contribution in [1.82, 2.24) is 14.7 Å². The van der Waals surface area contributed by atoms with Crippen LogP contribution >= 0.6 is 0 Å². The van der Waals surface area contributed by atoms with Gasteiger partial charge < -0.3 is 15.4 Å². The molecule has 1 saturated carbocycles. The number of amides is 1. The Kier molecular flexibility index (Phi) is 5.75. The average molecular weight is 432 g/mol. The second-order valence-electron chi connectivity index (χ2n) is 7.66. The highest BCUT2D eigenvalue weighted by atomic mass is 19.4. The van der Waals surface area contributed by atoms with E-state index in [1.807, 2.05) is 0 Å². The Morgan fingerprint density at radius 3 is 2.39 bits per heavy atom. The number of aromatic nitrogens is 2. The van der Waals surface area contributed by atoms with Gasteiger partial charge in [-0.2, -0.15) is 13.2 Å². The number of pyridine rings is 1. The number of carbonyl (C=O) groups is 1. The quantitative estimate of drug-likeness (QED) is 0.622. The lowest BCUT2D eigenvalue weighted by atomic mass is 9.91. The van der Waals surface area contributed by atoms with Gasteiger partial charge >= 0.3 is 6.18 Å². The first-order chi connectivity index (χ1) is 14.8. The average Bonchev–Trinajstić information content (AvgIpc) is 3.21. The van der Waals surface area contributed by atoms with E-state index in [0.717, 1.165) is 31.9 Å². The number of nitrogens with zero attached hydrogens (tertiary/aromatic N) is 2. The molecule has 0 bridgehead atoms. The van der Waals surface area contributed by atoms with Crippen molar-refractivity contribution in [3.05, 3.63) is 59.9 Å². The van der Waals surface area contributed by atoms with Crippen LogP contribution < -0.4 is 15.4 Å². The van der Waals surface area contributed by atoms with E-state index >= 15 is 0 Å². The fourth-order valence-corrected chi connectivity index (χ4v) is 3.87. The molecule has 9 heteroatoms. The van der Waals surface area contributed by atoms with Gasteiger partial charge in [0.1, 0.15) is 17.2 Å². The fourth-order valence-electron chi connectivity index (χ4n) is 3.87. The Labute approximate surface area is 177 Å². The minimum atomic E-state index is -4.48. The van der Waals surface area contributed by atoms with E-state index in [1.54, 1.807) is 49.6 Å². The van der Waals surface area contributed by atoms with Gasteiger partial charge in [0.05, 0.1) is 7.11 Å². The molecule has 3 aromatic rings. The number of carbonyl (C=O) groups excluding carboxylic acids is 1. The third-order valence-electron chi connectivity index (χ3n) is 5.55. The molecule has 1 aromatic carbocycles. The van der Waals surface area contributed by atoms with Gasteiger partial charge in [0.15, 0.2) is 5.69 Å². The predicted octanol–water partition coefficient (Wildman–Crippen LogP) is 4.51. The highest BCUT2D eigenvalue weighted by Crippen LogP contribution is 2.30. The van der Waals surface area contributed by atoms with Gasteiger partial charge in [0, 0.05) is 23.8 Å². The van der Waals surface area contributed by atoms with Crippen molar-refractivity contribution < 1.29 is 22.7 Å². The Morgan fingerprint density at radius 1 is 1.06 bits per heavy atom. The van der Waals surface area contributed by atoms with E-state index in [0.29, 0.717) is 17.1 Å². The summed E-state index contributed by atoms with van der Waals surface area (Å²) in [5.41, 5.74) is -0.0854. The number of alkyl halides is 3. The topological polar surface area (TPSA) is 67.7 Å². The van der Waals surface area contributed by atoms with E-state index < -0.39 is 11.9 Å². The van der Waals surface area contributed by atoms with Gasteiger partial charge in [-0.05, 0) is 62.1 Å². The molecule has 2 aromatic heterocycles. The summed E-state index contributed by atoms with van der Waals surface area (Å²) in [6.07, 6.45) is -0.308. The lowest BCUT2D eigenvalue weighted by molar-refractivity contribution is -0.140. The molecule has 6 nitrogen and oxygen atoms in total. The molecule has 0 saturated heterocycles. The van der Waals surface area contributed by atoms with Crippen LogP contribution in [0.3, 0.4) is 0 Å². The number of halogens is 3. The van der Waals surface area contributed by atoms with Crippen molar-refractivity contribution in [3.8, 4) is 5.75 Å². The molecule has 2 heterocycles. The standard InChI is InChI=1S/C22H23F3N4O2/c1-31-17-11-5-14(6-12-17)21(30)27-16-9-7-15(8-10-16)26-19-3-2-4-20-28-18(13-29(19)20)22(23,24)25/h2-6,11-13,15-16,26H,7-10H2,1H3,(H,27,30). The van der Waals surface area contributed by atoms with Crippen molar-refractivity contribution in [1.29, 1.82) is 0 Å². The molecule has 0 unspecified atom stereocenters.